The van der Waals surface area contributed by atoms with Crippen LogP contribution in [0.4, 0.5) is 5.95 Å². The molecule has 5 nitrogen and oxygen atoms in total. The minimum atomic E-state index is 0.606. The third-order valence-corrected chi connectivity index (χ3v) is 6.02. The van der Waals surface area contributed by atoms with Gasteiger partial charge in [-0.25, -0.2) is 4.68 Å². The highest BCUT2D eigenvalue weighted by atomic mass is 32.1. The van der Waals surface area contributed by atoms with Gasteiger partial charge >= 0.3 is 0 Å². The molecule has 3 aliphatic rings. The maximum atomic E-state index is 5.80. The molecule has 1 aliphatic carbocycles. The van der Waals surface area contributed by atoms with Gasteiger partial charge in [0, 0.05) is 32.2 Å². The summed E-state index contributed by atoms with van der Waals surface area (Å²) in [6.07, 6.45) is 9.06. The third-order valence-electron chi connectivity index (χ3n) is 5.61. The number of likely N-dealkylation sites (tertiary alicyclic amines) is 1. The van der Waals surface area contributed by atoms with E-state index in [1.165, 1.54) is 58.0 Å². The zero-order chi connectivity index (χ0) is 15.8. The van der Waals surface area contributed by atoms with E-state index in [1.807, 2.05) is 0 Å². The number of nitrogens with zero attached hydrogens (tertiary/aromatic N) is 5. The fourth-order valence-electron chi connectivity index (χ4n) is 3.86. The van der Waals surface area contributed by atoms with Crippen LogP contribution in [0.2, 0.25) is 0 Å². The van der Waals surface area contributed by atoms with Gasteiger partial charge in [0.25, 0.3) is 0 Å². The molecule has 0 unspecified atom stereocenters. The zero-order valence-corrected chi connectivity index (χ0v) is 15.1. The average molecular weight is 336 g/mol. The molecule has 0 radical (unpaired) electrons. The van der Waals surface area contributed by atoms with Crippen molar-refractivity contribution in [2.24, 2.45) is 5.92 Å². The number of hydrogen-bond donors (Lipinski definition) is 0. The van der Waals surface area contributed by atoms with Crippen molar-refractivity contribution < 1.29 is 0 Å². The third kappa shape index (κ3) is 3.33. The minimum Gasteiger partial charge on any atom is -0.341 e. The fraction of sp³-hybridized carbons (Fsp3) is 0.882. The Bertz CT molecular complexity index is 589. The Morgan fingerprint density at radius 2 is 1.70 bits per heavy atom. The van der Waals surface area contributed by atoms with Gasteiger partial charge in [-0.3, -0.25) is 9.47 Å². The molecule has 0 spiro atoms. The van der Waals surface area contributed by atoms with E-state index in [0.717, 1.165) is 36.4 Å². The van der Waals surface area contributed by atoms with Gasteiger partial charge in [0.2, 0.25) is 10.7 Å². The second kappa shape index (κ2) is 6.55. The molecule has 1 aromatic heterocycles. The smallest absolute Gasteiger partial charge is 0.226 e. The lowest BCUT2D eigenvalue weighted by molar-refractivity contribution is 0.146. The summed E-state index contributed by atoms with van der Waals surface area (Å²) in [6, 6.07) is 0.606. The Hall–Kier alpha value is -0.880. The summed E-state index contributed by atoms with van der Waals surface area (Å²) in [5.41, 5.74) is 0. The molecule has 0 N–H and O–H groups in total. The quantitative estimate of drug-likeness (QED) is 0.789. The van der Waals surface area contributed by atoms with Crippen LogP contribution in [0.5, 0.6) is 0 Å². The second-order valence-electron chi connectivity index (χ2n) is 7.67. The van der Waals surface area contributed by atoms with Crippen molar-refractivity contribution in [2.45, 2.75) is 64.6 Å². The Kier molecular flexibility index (Phi) is 4.46. The molecule has 4 rings (SSSR count). The van der Waals surface area contributed by atoms with E-state index in [2.05, 4.69) is 26.0 Å². The van der Waals surface area contributed by atoms with Crippen LogP contribution in [0.1, 0.15) is 57.9 Å². The molecule has 128 valence electrons. The fourth-order valence-corrected chi connectivity index (χ4v) is 4.18. The van der Waals surface area contributed by atoms with Crippen LogP contribution in [0.25, 0.3) is 0 Å². The van der Waals surface area contributed by atoms with Crippen LogP contribution in [0, 0.1) is 10.7 Å². The largest absolute Gasteiger partial charge is 0.341 e. The summed E-state index contributed by atoms with van der Waals surface area (Å²) in [6.45, 7) is 7.86. The summed E-state index contributed by atoms with van der Waals surface area (Å²) in [7, 11) is 0. The van der Waals surface area contributed by atoms with Crippen molar-refractivity contribution in [1.29, 1.82) is 0 Å². The number of aromatic nitrogens is 3. The topological polar surface area (TPSA) is 29.2 Å². The molecule has 0 bridgehead atoms. The molecule has 3 fully saturated rings. The van der Waals surface area contributed by atoms with Crippen molar-refractivity contribution in [2.75, 3.05) is 31.1 Å². The van der Waals surface area contributed by atoms with Crippen molar-refractivity contribution in [1.82, 2.24) is 19.2 Å². The molecule has 1 saturated carbocycles. The van der Waals surface area contributed by atoms with Gasteiger partial charge in [-0.2, -0.15) is 0 Å². The SMILES string of the molecule is CC1CCN(Cn2nc(N3CCCCC3)n(C3CC3)c2=S)CC1. The maximum Gasteiger partial charge on any atom is 0.226 e. The average Bonchev–Trinajstić information content (AvgIpc) is 3.36. The van der Waals surface area contributed by atoms with E-state index in [4.69, 9.17) is 17.3 Å². The lowest BCUT2D eigenvalue weighted by atomic mass is 10.00. The van der Waals surface area contributed by atoms with Crippen molar-refractivity contribution >= 4 is 18.2 Å². The summed E-state index contributed by atoms with van der Waals surface area (Å²) in [5, 5.41) is 4.97. The van der Waals surface area contributed by atoms with Gasteiger partial charge in [0.15, 0.2) is 0 Å². The normalized spacial score (nSPS) is 24.3. The van der Waals surface area contributed by atoms with Gasteiger partial charge in [-0.1, -0.05) is 6.92 Å². The van der Waals surface area contributed by atoms with Gasteiger partial charge in [0.1, 0.15) is 0 Å². The van der Waals surface area contributed by atoms with E-state index >= 15 is 0 Å². The van der Waals surface area contributed by atoms with Crippen LogP contribution in [0.3, 0.4) is 0 Å². The number of hydrogen-bond acceptors (Lipinski definition) is 4. The van der Waals surface area contributed by atoms with Crippen LogP contribution in [-0.2, 0) is 6.67 Å². The molecular formula is C17H29N5S. The molecule has 0 aromatic carbocycles. The summed E-state index contributed by atoms with van der Waals surface area (Å²) in [4.78, 5) is 4.98. The molecule has 1 aromatic rings. The zero-order valence-electron chi connectivity index (χ0n) is 14.3. The highest BCUT2D eigenvalue weighted by Gasteiger charge is 2.31. The molecule has 2 aliphatic heterocycles. The van der Waals surface area contributed by atoms with Gasteiger partial charge < -0.3 is 4.90 Å². The molecule has 3 heterocycles. The van der Waals surface area contributed by atoms with E-state index in [0.29, 0.717) is 6.04 Å². The van der Waals surface area contributed by atoms with Crippen molar-refractivity contribution in [3.63, 3.8) is 0 Å². The van der Waals surface area contributed by atoms with Gasteiger partial charge in [-0.15, -0.1) is 5.10 Å². The minimum absolute atomic E-state index is 0.606. The number of anilines is 1. The standard InChI is InChI=1S/C17H29N5S/c1-14-7-11-19(12-8-14)13-21-17(23)22(15-5-6-15)16(18-21)20-9-3-2-4-10-20/h14-15H,2-13H2,1H3. The first-order valence-corrected chi connectivity index (χ1v) is 9.80. The van der Waals surface area contributed by atoms with E-state index in [-0.39, 0.29) is 0 Å². The summed E-state index contributed by atoms with van der Waals surface area (Å²) in [5.74, 6) is 2.01. The van der Waals surface area contributed by atoms with E-state index < -0.39 is 0 Å². The monoisotopic (exact) mass is 335 g/mol. The number of rotatable bonds is 4. The Morgan fingerprint density at radius 1 is 1.00 bits per heavy atom. The predicted molar refractivity (Wildman–Crippen MR) is 95.4 cm³/mol. The van der Waals surface area contributed by atoms with Crippen molar-refractivity contribution in [3.05, 3.63) is 4.77 Å². The molecule has 23 heavy (non-hydrogen) atoms. The molecule has 6 heteroatoms. The van der Waals surface area contributed by atoms with Gasteiger partial charge in [-0.05, 0) is 63.1 Å². The second-order valence-corrected chi connectivity index (χ2v) is 8.04. The van der Waals surface area contributed by atoms with Gasteiger partial charge in [0.05, 0.1) is 6.67 Å². The molecule has 0 amide bonds. The Morgan fingerprint density at radius 3 is 2.35 bits per heavy atom. The van der Waals surface area contributed by atoms with E-state index in [1.54, 1.807) is 0 Å². The first kappa shape index (κ1) is 15.6. The van der Waals surface area contributed by atoms with Crippen LogP contribution in [0.15, 0.2) is 0 Å². The Labute approximate surface area is 144 Å². The summed E-state index contributed by atoms with van der Waals surface area (Å²) < 4.78 is 5.38. The van der Waals surface area contributed by atoms with E-state index in [9.17, 15) is 0 Å². The lowest BCUT2D eigenvalue weighted by Gasteiger charge is -2.29. The molecule has 2 saturated heterocycles. The lowest BCUT2D eigenvalue weighted by Crippen LogP contribution is -2.35. The van der Waals surface area contributed by atoms with Crippen molar-refractivity contribution in [3.8, 4) is 0 Å². The first-order chi connectivity index (χ1) is 11.2. The molecular weight excluding hydrogens is 306 g/mol. The van der Waals surface area contributed by atoms with Crippen LogP contribution < -0.4 is 4.90 Å². The predicted octanol–water partition coefficient (Wildman–Crippen LogP) is 3.43. The van der Waals surface area contributed by atoms with Crippen LogP contribution >= 0.6 is 12.2 Å². The Balaban J connectivity index is 1.56. The highest BCUT2D eigenvalue weighted by Crippen LogP contribution is 2.38. The number of piperidine rings is 2. The van der Waals surface area contributed by atoms with Crippen LogP contribution in [-0.4, -0.2) is 45.4 Å². The maximum absolute atomic E-state index is 5.80. The highest BCUT2D eigenvalue weighted by molar-refractivity contribution is 7.71. The summed E-state index contributed by atoms with van der Waals surface area (Å²) >= 11 is 5.80. The molecule has 0 atom stereocenters. The first-order valence-electron chi connectivity index (χ1n) is 9.39.